The van der Waals surface area contributed by atoms with Gasteiger partial charge in [0.1, 0.15) is 4.90 Å². The molecule has 25 heavy (non-hydrogen) atoms. The van der Waals surface area contributed by atoms with E-state index in [-0.39, 0.29) is 23.2 Å². The number of aryl methyl sites for hydroxylation is 1. The molecule has 0 saturated heterocycles. The zero-order chi connectivity index (χ0) is 18.0. The van der Waals surface area contributed by atoms with Gasteiger partial charge in [-0.1, -0.05) is 31.2 Å². The van der Waals surface area contributed by atoms with Crippen LogP contribution in [0.15, 0.2) is 57.8 Å². The van der Waals surface area contributed by atoms with Crippen molar-refractivity contribution in [3.8, 4) is 0 Å². The molecule has 0 saturated carbocycles. The number of amidine groups is 1. The van der Waals surface area contributed by atoms with Crippen LogP contribution in [0.2, 0.25) is 0 Å². The number of amides is 1. The van der Waals surface area contributed by atoms with Crippen LogP contribution in [0.4, 0.5) is 5.69 Å². The SMILES string of the molecule is CCc1cccc(NC(=O)CN(C)C2=NS(=O)(=O)c3ccccc32)c1. The standard InChI is InChI=1S/C18H19N3O3S/c1-3-13-7-6-8-14(11-13)19-17(22)12-21(2)18-15-9-4-5-10-16(15)25(23,24)20-18/h4-11H,3,12H2,1-2H3,(H,19,22). The van der Waals surface area contributed by atoms with Gasteiger partial charge in [0, 0.05) is 18.3 Å². The normalized spacial score (nSPS) is 14.6. The third-order valence-corrected chi connectivity index (χ3v) is 5.30. The Hall–Kier alpha value is -2.67. The molecule has 0 unspecified atom stereocenters. The number of fused-ring (bicyclic) bond motifs is 1. The number of nitrogens with zero attached hydrogens (tertiary/aromatic N) is 2. The fourth-order valence-electron chi connectivity index (χ4n) is 2.72. The van der Waals surface area contributed by atoms with Crippen LogP contribution in [0, 0.1) is 0 Å². The summed E-state index contributed by atoms with van der Waals surface area (Å²) in [5, 5.41) is 2.83. The molecule has 2 aromatic rings. The lowest BCUT2D eigenvalue weighted by atomic mass is 10.1. The van der Waals surface area contributed by atoms with E-state index in [1.807, 2.05) is 31.2 Å². The number of nitrogens with one attached hydrogen (secondary N) is 1. The Balaban J connectivity index is 1.74. The Morgan fingerprint density at radius 2 is 1.92 bits per heavy atom. The molecule has 0 bridgehead atoms. The molecule has 0 spiro atoms. The lowest BCUT2D eigenvalue weighted by molar-refractivity contribution is -0.116. The van der Waals surface area contributed by atoms with Crippen molar-refractivity contribution in [2.24, 2.45) is 4.40 Å². The molecule has 2 aromatic carbocycles. The molecular weight excluding hydrogens is 338 g/mol. The predicted octanol–water partition coefficient (Wildman–Crippen LogP) is 2.27. The maximum Gasteiger partial charge on any atom is 0.285 e. The predicted molar refractivity (Wildman–Crippen MR) is 97.2 cm³/mol. The van der Waals surface area contributed by atoms with Gasteiger partial charge >= 0.3 is 0 Å². The smallest absolute Gasteiger partial charge is 0.285 e. The van der Waals surface area contributed by atoms with Gasteiger partial charge < -0.3 is 10.2 Å². The molecule has 1 aliphatic rings. The summed E-state index contributed by atoms with van der Waals surface area (Å²) in [7, 11) is -2.04. The summed E-state index contributed by atoms with van der Waals surface area (Å²) < 4.78 is 28.0. The first-order valence-corrected chi connectivity index (χ1v) is 9.39. The first-order valence-electron chi connectivity index (χ1n) is 7.95. The fourth-order valence-corrected chi connectivity index (χ4v) is 3.98. The number of likely N-dealkylation sites (N-methyl/N-ethyl adjacent to an activating group) is 1. The van der Waals surface area contributed by atoms with Crippen LogP contribution in [-0.2, 0) is 21.2 Å². The molecule has 1 heterocycles. The summed E-state index contributed by atoms with van der Waals surface area (Å²) >= 11 is 0. The van der Waals surface area contributed by atoms with E-state index in [0.717, 1.165) is 17.7 Å². The van der Waals surface area contributed by atoms with E-state index in [1.165, 1.54) is 6.07 Å². The number of carbonyl (C=O) groups excluding carboxylic acids is 1. The molecule has 0 fully saturated rings. The largest absolute Gasteiger partial charge is 0.349 e. The molecule has 1 N–H and O–H groups in total. The van der Waals surface area contributed by atoms with Crippen LogP contribution in [0.1, 0.15) is 18.1 Å². The van der Waals surface area contributed by atoms with Crippen molar-refractivity contribution >= 4 is 27.5 Å². The topological polar surface area (TPSA) is 78.8 Å². The average molecular weight is 357 g/mol. The zero-order valence-electron chi connectivity index (χ0n) is 14.1. The van der Waals surface area contributed by atoms with Gasteiger partial charge in [-0.05, 0) is 36.2 Å². The molecule has 7 heteroatoms. The first kappa shape index (κ1) is 17.2. The Labute approximate surface area is 147 Å². The minimum Gasteiger partial charge on any atom is -0.349 e. The van der Waals surface area contributed by atoms with E-state index in [4.69, 9.17) is 0 Å². The minimum absolute atomic E-state index is 0.000952. The Morgan fingerprint density at radius 1 is 1.16 bits per heavy atom. The van der Waals surface area contributed by atoms with Crippen molar-refractivity contribution in [2.45, 2.75) is 18.2 Å². The van der Waals surface area contributed by atoms with Gasteiger partial charge in [0.15, 0.2) is 5.84 Å². The van der Waals surface area contributed by atoms with Crippen LogP contribution in [-0.4, -0.2) is 38.7 Å². The second-order valence-corrected chi connectivity index (χ2v) is 7.42. The molecule has 0 radical (unpaired) electrons. The van der Waals surface area contributed by atoms with Gasteiger partial charge in [-0.2, -0.15) is 8.42 Å². The summed E-state index contributed by atoms with van der Waals surface area (Å²) in [6, 6.07) is 14.2. The lowest BCUT2D eigenvalue weighted by Crippen LogP contribution is -2.34. The van der Waals surface area contributed by atoms with Crippen LogP contribution < -0.4 is 5.32 Å². The van der Waals surface area contributed by atoms with Crippen molar-refractivity contribution in [2.75, 3.05) is 18.9 Å². The second kappa shape index (κ2) is 6.68. The highest BCUT2D eigenvalue weighted by atomic mass is 32.2. The van der Waals surface area contributed by atoms with Gasteiger partial charge in [-0.3, -0.25) is 4.79 Å². The molecule has 0 atom stereocenters. The van der Waals surface area contributed by atoms with Crippen LogP contribution in [0.25, 0.3) is 0 Å². The Bertz CT molecular complexity index is 952. The van der Waals surface area contributed by atoms with Gasteiger partial charge in [0.05, 0.1) is 6.54 Å². The number of anilines is 1. The third-order valence-electron chi connectivity index (χ3n) is 3.97. The highest BCUT2D eigenvalue weighted by molar-refractivity contribution is 7.90. The number of hydrogen-bond donors (Lipinski definition) is 1. The lowest BCUT2D eigenvalue weighted by Gasteiger charge is -2.18. The molecule has 1 aliphatic heterocycles. The number of rotatable bonds is 4. The van der Waals surface area contributed by atoms with Crippen molar-refractivity contribution < 1.29 is 13.2 Å². The Morgan fingerprint density at radius 3 is 2.68 bits per heavy atom. The quantitative estimate of drug-likeness (QED) is 0.910. The van der Waals surface area contributed by atoms with Crippen LogP contribution >= 0.6 is 0 Å². The number of sulfonamides is 1. The molecule has 1 amide bonds. The number of hydrogen-bond acceptors (Lipinski definition) is 4. The van der Waals surface area contributed by atoms with E-state index >= 15 is 0 Å². The number of benzene rings is 2. The van der Waals surface area contributed by atoms with Gasteiger partial charge in [0.2, 0.25) is 5.91 Å². The first-order chi connectivity index (χ1) is 11.9. The highest BCUT2D eigenvalue weighted by Crippen LogP contribution is 2.26. The van der Waals surface area contributed by atoms with Crippen molar-refractivity contribution in [3.05, 3.63) is 59.7 Å². The second-order valence-electron chi connectivity index (χ2n) is 5.84. The minimum atomic E-state index is -3.69. The maximum atomic E-state index is 12.3. The van der Waals surface area contributed by atoms with Gasteiger partial charge in [-0.25, -0.2) is 0 Å². The molecule has 130 valence electrons. The summed E-state index contributed by atoms with van der Waals surface area (Å²) in [4.78, 5) is 14.0. The molecular formula is C18H19N3O3S. The molecule has 0 aliphatic carbocycles. The summed E-state index contributed by atoms with van der Waals surface area (Å²) in [5.74, 6) is 0.0493. The fraction of sp³-hybridized carbons (Fsp3) is 0.222. The van der Waals surface area contributed by atoms with Crippen LogP contribution in [0.5, 0.6) is 0 Å². The van der Waals surface area contributed by atoms with E-state index < -0.39 is 10.0 Å². The Kier molecular flexibility index (Phi) is 4.59. The summed E-state index contributed by atoms with van der Waals surface area (Å²) in [5.41, 5.74) is 2.37. The number of carbonyl (C=O) groups is 1. The molecule has 6 nitrogen and oxygen atoms in total. The van der Waals surface area contributed by atoms with Crippen molar-refractivity contribution in [1.29, 1.82) is 0 Å². The summed E-state index contributed by atoms with van der Waals surface area (Å²) in [6.45, 7) is 2.05. The molecule has 0 aromatic heterocycles. The van der Waals surface area contributed by atoms with Crippen LogP contribution in [0.3, 0.4) is 0 Å². The van der Waals surface area contributed by atoms with Gasteiger partial charge in [-0.15, -0.1) is 4.40 Å². The molecule has 3 rings (SSSR count). The van der Waals surface area contributed by atoms with E-state index in [0.29, 0.717) is 5.56 Å². The average Bonchev–Trinajstić information content (AvgIpc) is 2.87. The van der Waals surface area contributed by atoms with Crippen molar-refractivity contribution in [3.63, 3.8) is 0 Å². The highest BCUT2D eigenvalue weighted by Gasteiger charge is 2.30. The van der Waals surface area contributed by atoms with E-state index in [1.54, 1.807) is 30.1 Å². The summed E-state index contributed by atoms with van der Waals surface area (Å²) in [6.07, 6.45) is 0.884. The van der Waals surface area contributed by atoms with Crippen molar-refractivity contribution in [1.82, 2.24) is 4.90 Å². The van der Waals surface area contributed by atoms with Gasteiger partial charge in [0.25, 0.3) is 10.0 Å². The third kappa shape index (κ3) is 3.56. The van der Waals surface area contributed by atoms with E-state index in [9.17, 15) is 13.2 Å². The van der Waals surface area contributed by atoms with E-state index in [2.05, 4.69) is 9.71 Å². The maximum absolute atomic E-state index is 12.3. The monoisotopic (exact) mass is 357 g/mol. The zero-order valence-corrected chi connectivity index (χ0v) is 14.9.